The highest BCUT2D eigenvalue weighted by molar-refractivity contribution is 6.02. The van der Waals surface area contributed by atoms with Gasteiger partial charge < -0.3 is 4.57 Å². The van der Waals surface area contributed by atoms with Gasteiger partial charge in [-0.1, -0.05) is 42.5 Å². The first-order valence-electron chi connectivity index (χ1n) is 8.77. The number of hydrogen-bond donors (Lipinski definition) is 0. The Kier molecular flexibility index (Phi) is 4.45. The Morgan fingerprint density at radius 1 is 1.00 bits per heavy atom. The SMILES string of the molecule is O=CC1=Cc2cccn2C(C(=O)c2ccccc2)C1c1ccc([N+](=O)[O-])cc1. The number of allylic oxidation sites excluding steroid dienone is 1. The van der Waals surface area contributed by atoms with E-state index in [1.165, 1.54) is 12.1 Å². The lowest BCUT2D eigenvalue weighted by molar-refractivity contribution is -0.384. The molecular weight excluding hydrogens is 356 g/mol. The Morgan fingerprint density at radius 2 is 1.71 bits per heavy atom. The van der Waals surface area contributed by atoms with Gasteiger partial charge in [0.2, 0.25) is 0 Å². The van der Waals surface area contributed by atoms with E-state index in [-0.39, 0.29) is 11.5 Å². The zero-order valence-corrected chi connectivity index (χ0v) is 14.8. The molecule has 0 saturated heterocycles. The summed E-state index contributed by atoms with van der Waals surface area (Å²) in [5.41, 5.74) is 2.43. The maximum absolute atomic E-state index is 13.4. The first-order chi connectivity index (χ1) is 13.6. The van der Waals surface area contributed by atoms with Crippen LogP contribution in [0.2, 0.25) is 0 Å². The molecule has 2 heterocycles. The van der Waals surface area contributed by atoms with Gasteiger partial charge in [-0.05, 0) is 23.8 Å². The molecule has 1 aromatic heterocycles. The highest BCUT2D eigenvalue weighted by Gasteiger charge is 2.37. The number of aldehydes is 1. The number of nitrogens with zero attached hydrogens (tertiary/aromatic N) is 2. The number of Topliss-reactive ketones (excluding diaryl/α,β-unsaturated/α-hetero) is 1. The molecule has 0 bridgehead atoms. The number of carbonyl (C=O) groups is 2. The van der Waals surface area contributed by atoms with Crippen LogP contribution in [0.5, 0.6) is 0 Å². The Bertz CT molecular complexity index is 1080. The summed E-state index contributed by atoms with van der Waals surface area (Å²) in [7, 11) is 0. The number of ketones is 1. The summed E-state index contributed by atoms with van der Waals surface area (Å²) in [5.74, 6) is -0.653. The summed E-state index contributed by atoms with van der Waals surface area (Å²) in [6.45, 7) is 0. The van der Waals surface area contributed by atoms with Crippen molar-refractivity contribution >= 4 is 23.8 Å². The van der Waals surface area contributed by atoms with E-state index < -0.39 is 16.9 Å². The number of fused-ring (bicyclic) bond motifs is 1. The number of aromatic nitrogens is 1. The molecule has 0 aliphatic carbocycles. The topological polar surface area (TPSA) is 82.2 Å². The highest BCUT2D eigenvalue weighted by atomic mass is 16.6. The summed E-state index contributed by atoms with van der Waals surface area (Å²) in [4.78, 5) is 35.8. The number of rotatable bonds is 5. The van der Waals surface area contributed by atoms with Crippen molar-refractivity contribution in [2.45, 2.75) is 12.0 Å². The Balaban J connectivity index is 1.86. The quantitative estimate of drug-likeness (QED) is 0.291. The van der Waals surface area contributed by atoms with Gasteiger partial charge in [-0.25, -0.2) is 0 Å². The van der Waals surface area contributed by atoms with Crippen molar-refractivity contribution in [3.63, 3.8) is 0 Å². The second-order valence-corrected chi connectivity index (χ2v) is 6.60. The van der Waals surface area contributed by atoms with E-state index in [4.69, 9.17) is 0 Å². The van der Waals surface area contributed by atoms with Gasteiger partial charge in [-0.3, -0.25) is 19.7 Å². The molecule has 6 nitrogen and oxygen atoms in total. The molecule has 2 atom stereocenters. The van der Waals surface area contributed by atoms with Crippen LogP contribution >= 0.6 is 0 Å². The van der Waals surface area contributed by atoms with Crippen LogP contribution in [0.4, 0.5) is 5.69 Å². The van der Waals surface area contributed by atoms with Gasteiger partial charge in [0.1, 0.15) is 12.3 Å². The maximum Gasteiger partial charge on any atom is 0.269 e. The van der Waals surface area contributed by atoms with Crippen molar-refractivity contribution in [2.75, 3.05) is 0 Å². The third-order valence-electron chi connectivity index (χ3n) is 5.03. The second kappa shape index (κ2) is 7.08. The Labute approximate surface area is 160 Å². The number of hydrogen-bond acceptors (Lipinski definition) is 4. The fourth-order valence-electron chi connectivity index (χ4n) is 3.72. The number of nitro groups is 1. The van der Waals surface area contributed by atoms with Gasteiger partial charge in [0, 0.05) is 41.1 Å². The van der Waals surface area contributed by atoms with Crippen molar-refractivity contribution < 1.29 is 14.5 Å². The number of nitro benzene ring substituents is 1. The molecule has 0 fully saturated rings. The second-order valence-electron chi connectivity index (χ2n) is 6.60. The fraction of sp³-hybridized carbons (Fsp3) is 0.0909. The number of carbonyl (C=O) groups excluding carboxylic acids is 2. The fourth-order valence-corrected chi connectivity index (χ4v) is 3.72. The van der Waals surface area contributed by atoms with Crippen molar-refractivity contribution in [1.29, 1.82) is 0 Å². The molecule has 4 rings (SSSR count). The predicted octanol–water partition coefficient (Wildman–Crippen LogP) is 4.20. The van der Waals surface area contributed by atoms with Crippen molar-refractivity contribution in [2.24, 2.45) is 0 Å². The van der Waals surface area contributed by atoms with Crippen molar-refractivity contribution in [1.82, 2.24) is 4.57 Å². The summed E-state index contributed by atoms with van der Waals surface area (Å²) < 4.78 is 1.86. The monoisotopic (exact) mass is 372 g/mol. The van der Waals surface area contributed by atoms with E-state index in [1.807, 2.05) is 29.0 Å². The smallest absolute Gasteiger partial charge is 0.269 e. The van der Waals surface area contributed by atoms with Crippen LogP contribution < -0.4 is 0 Å². The minimum absolute atomic E-state index is 0.0382. The van der Waals surface area contributed by atoms with Crippen LogP contribution in [0.25, 0.3) is 6.08 Å². The first-order valence-corrected chi connectivity index (χ1v) is 8.77. The van der Waals surface area contributed by atoms with Crippen molar-refractivity contribution in [3.8, 4) is 0 Å². The number of non-ortho nitro benzene ring substituents is 1. The van der Waals surface area contributed by atoms with Crippen LogP contribution in [-0.4, -0.2) is 21.6 Å². The zero-order valence-electron chi connectivity index (χ0n) is 14.8. The van der Waals surface area contributed by atoms with Gasteiger partial charge in [-0.15, -0.1) is 0 Å². The largest absolute Gasteiger partial charge is 0.336 e. The van der Waals surface area contributed by atoms with Gasteiger partial charge in [-0.2, -0.15) is 0 Å². The zero-order chi connectivity index (χ0) is 19.7. The van der Waals surface area contributed by atoms with Crippen molar-refractivity contribution in [3.05, 3.63) is 105 Å². The third-order valence-corrected chi connectivity index (χ3v) is 5.03. The van der Waals surface area contributed by atoms with Gasteiger partial charge in [0.05, 0.1) is 4.92 Å². The molecular formula is C22H16N2O4. The molecule has 0 saturated carbocycles. The number of benzene rings is 2. The van der Waals surface area contributed by atoms with Crippen LogP contribution in [0, 0.1) is 10.1 Å². The van der Waals surface area contributed by atoms with Gasteiger partial charge in [0.25, 0.3) is 5.69 Å². The summed E-state index contributed by atoms with van der Waals surface area (Å²) >= 11 is 0. The van der Waals surface area contributed by atoms with E-state index in [9.17, 15) is 19.7 Å². The first kappa shape index (κ1) is 17.6. The van der Waals surface area contributed by atoms with E-state index in [2.05, 4.69) is 0 Å². The minimum Gasteiger partial charge on any atom is -0.336 e. The standard InChI is InChI=1S/C22H16N2O4/c25-14-17-13-19-7-4-12-23(19)21(22(26)16-5-2-1-3-6-16)20(17)15-8-10-18(11-9-15)24(27)28/h1-14,20-21H. The molecule has 3 aromatic rings. The summed E-state index contributed by atoms with van der Waals surface area (Å²) in [6.07, 6.45) is 4.33. The van der Waals surface area contributed by atoms with E-state index >= 15 is 0 Å². The van der Waals surface area contributed by atoms with E-state index in [0.29, 0.717) is 16.7 Å². The maximum atomic E-state index is 13.4. The molecule has 1 aliphatic heterocycles. The molecule has 2 aromatic carbocycles. The summed E-state index contributed by atoms with van der Waals surface area (Å²) in [6, 6.07) is 18.0. The van der Waals surface area contributed by atoms with Crippen LogP contribution in [0.1, 0.15) is 33.6 Å². The molecule has 0 radical (unpaired) electrons. The third kappa shape index (κ3) is 2.95. The Hall–Kier alpha value is -3.80. The van der Waals surface area contributed by atoms with Crippen LogP contribution in [0.15, 0.2) is 78.5 Å². The lowest BCUT2D eigenvalue weighted by atomic mass is 9.79. The highest BCUT2D eigenvalue weighted by Crippen LogP contribution is 2.42. The average Bonchev–Trinajstić information content (AvgIpc) is 3.20. The molecule has 6 heteroatoms. The van der Waals surface area contributed by atoms with Gasteiger partial charge in [0.15, 0.2) is 5.78 Å². The Morgan fingerprint density at radius 3 is 2.36 bits per heavy atom. The minimum atomic E-state index is -0.654. The van der Waals surface area contributed by atoms with Crippen LogP contribution in [0.3, 0.4) is 0 Å². The lowest BCUT2D eigenvalue weighted by Gasteiger charge is -2.32. The van der Waals surface area contributed by atoms with Gasteiger partial charge >= 0.3 is 0 Å². The normalized spacial score (nSPS) is 18.1. The molecule has 2 unspecified atom stereocenters. The molecule has 1 aliphatic rings. The molecule has 0 N–H and O–H groups in total. The lowest BCUT2D eigenvalue weighted by Crippen LogP contribution is -2.30. The van der Waals surface area contributed by atoms with Crippen LogP contribution in [-0.2, 0) is 4.79 Å². The molecule has 0 amide bonds. The summed E-state index contributed by atoms with van der Waals surface area (Å²) in [5, 5.41) is 11.0. The molecule has 28 heavy (non-hydrogen) atoms. The molecule has 138 valence electrons. The van der Waals surface area contributed by atoms with E-state index in [0.717, 1.165) is 12.0 Å². The molecule has 0 spiro atoms. The average molecular weight is 372 g/mol. The predicted molar refractivity (Wildman–Crippen MR) is 104 cm³/mol. The van der Waals surface area contributed by atoms with E-state index in [1.54, 1.807) is 42.5 Å².